The minimum Gasteiger partial charge on any atom is -0.398 e. The quantitative estimate of drug-likeness (QED) is 0.795. The van der Waals surface area contributed by atoms with Crippen LogP contribution in [-0.4, -0.2) is 18.6 Å². The van der Waals surface area contributed by atoms with Crippen molar-refractivity contribution in [3.8, 4) is 0 Å². The van der Waals surface area contributed by atoms with Crippen molar-refractivity contribution in [2.75, 3.05) is 17.2 Å². The molecule has 1 amide bonds. The van der Waals surface area contributed by atoms with Gasteiger partial charge >= 0.3 is 6.18 Å². The minimum atomic E-state index is -4.21. The summed E-state index contributed by atoms with van der Waals surface area (Å²) in [5, 5.41) is 0. The number of benzene rings is 1. The molecule has 126 valence electrons. The highest BCUT2D eigenvalue weighted by Crippen LogP contribution is 2.41. The molecule has 0 radical (unpaired) electrons. The Hall–Kier alpha value is -1.72. The molecule has 2 aliphatic rings. The molecule has 2 N–H and O–H groups in total. The minimum absolute atomic E-state index is 0.0868. The Morgan fingerprint density at radius 1 is 1.22 bits per heavy atom. The van der Waals surface area contributed by atoms with E-state index in [1.807, 2.05) is 6.07 Å². The number of nitrogens with zero attached hydrogens (tertiary/aromatic N) is 1. The third kappa shape index (κ3) is 3.16. The highest BCUT2D eigenvalue weighted by Gasteiger charge is 2.44. The van der Waals surface area contributed by atoms with Crippen molar-refractivity contribution in [2.24, 2.45) is 11.8 Å². The lowest BCUT2D eigenvalue weighted by Gasteiger charge is -2.36. The van der Waals surface area contributed by atoms with Crippen LogP contribution >= 0.6 is 0 Å². The Balaban J connectivity index is 1.81. The van der Waals surface area contributed by atoms with E-state index in [-0.39, 0.29) is 18.7 Å². The molecule has 23 heavy (non-hydrogen) atoms. The predicted octanol–water partition coefficient (Wildman–Crippen LogP) is 3.92. The first kappa shape index (κ1) is 16.1. The van der Waals surface area contributed by atoms with Crippen molar-refractivity contribution < 1.29 is 18.0 Å². The number of carbonyl (C=O) groups is 1. The van der Waals surface area contributed by atoms with Crippen LogP contribution in [0.5, 0.6) is 0 Å². The van der Waals surface area contributed by atoms with Gasteiger partial charge in [0, 0.05) is 23.8 Å². The molecule has 3 rings (SSSR count). The lowest BCUT2D eigenvalue weighted by Crippen LogP contribution is -2.42. The van der Waals surface area contributed by atoms with Gasteiger partial charge in [-0.15, -0.1) is 0 Å². The Labute approximate surface area is 133 Å². The second-order valence-electron chi connectivity index (χ2n) is 6.54. The average Bonchev–Trinajstić information content (AvgIpc) is 2.53. The summed E-state index contributed by atoms with van der Waals surface area (Å²) in [6.45, 7) is 0.558. The van der Waals surface area contributed by atoms with Crippen LogP contribution in [0.15, 0.2) is 18.2 Å². The molecule has 0 spiro atoms. The normalized spacial score (nSPS) is 25.1. The van der Waals surface area contributed by atoms with Crippen molar-refractivity contribution in [3.05, 3.63) is 23.8 Å². The number of nitrogen functional groups attached to an aromatic ring is 1. The first-order chi connectivity index (χ1) is 10.9. The summed E-state index contributed by atoms with van der Waals surface area (Å²) in [7, 11) is 0. The summed E-state index contributed by atoms with van der Waals surface area (Å²) in [5.41, 5.74) is 8.34. The second kappa shape index (κ2) is 6.06. The maximum absolute atomic E-state index is 13.0. The van der Waals surface area contributed by atoms with Gasteiger partial charge in [0.15, 0.2) is 0 Å². The van der Waals surface area contributed by atoms with Crippen molar-refractivity contribution in [1.29, 1.82) is 0 Å². The van der Waals surface area contributed by atoms with Crippen molar-refractivity contribution in [1.82, 2.24) is 0 Å². The van der Waals surface area contributed by atoms with E-state index in [0.29, 0.717) is 25.1 Å². The number of hydrogen-bond acceptors (Lipinski definition) is 2. The van der Waals surface area contributed by atoms with E-state index >= 15 is 0 Å². The van der Waals surface area contributed by atoms with Gasteiger partial charge in [-0.3, -0.25) is 4.79 Å². The zero-order valence-electron chi connectivity index (χ0n) is 12.9. The van der Waals surface area contributed by atoms with Gasteiger partial charge in [-0.05, 0) is 49.8 Å². The van der Waals surface area contributed by atoms with E-state index in [0.717, 1.165) is 24.1 Å². The zero-order chi connectivity index (χ0) is 16.6. The lowest BCUT2D eigenvalue weighted by molar-refractivity contribution is -0.186. The van der Waals surface area contributed by atoms with E-state index < -0.39 is 18.0 Å². The molecule has 1 aliphatic carbocycles. The zero-order valence-corrected chi connectivity index (χ0v) is 12.9. The van der Waals surface area contributed by atoms with E-state index in [1.54, 1.807) is 17.0 Å². The molecular formula is C17H21F3N2O. The number of carbonyl (C=O) groups excluding carboxylic acids is 1. The molecule has 1 saturated carbocycles. The second-order valence-corrected chi connectivity index (χ2v) is 6.54. The largest absolute Gasteiger partial charge is 0.398 e. The number of hydrogen-bond donors (Lipinski definition) is 1. The summed E-state index contributed by atoms with van der Waals surface area (Å²) in [6, 6.07) is 5.43. The van der Waals surface area contributed by atoms with Gasteiger partial charge in [0.25, 0.3) is 0 Å². The number of amides is 1. The monoisotopic (exact) mass is 326 g/mol. The molecule has 0 bridgehead atoms. The van der Waals surface area contributed by atoms with Crippen LogP contribution in [0, 0.1) is 11.8 Å². The Morgan fingerprint density at radius 3 is 2.74 bits per heavy atom. The Kier molecular flexibility index (Phi) is 4.25. The van der Waals surface area contributed by atoms with Crippen LogP contribution in [0.2, 0.25) is 0 Å². The number of anilines is 2. The van der Waals surface area contributed by atoms with Crippen LogP contribution in [0.4, 0.5) is 24.5 Å². The molecule has 2 unspecified atom stereocenters. The van der Waals surface area contributed by atoms with Gasteiger partial charge in [0.05, 0.1) is 5.92 Å². The van der Waals surface area contributed by atoms with E-state index in [4.69, 9.17) is 5.73 Å². The summed E-state index contributed by atoms with van der Waals surface area (Å²) in [4.78, 5) is 14.5. The van der Waals surface area contributed by atoms with Crippen LogP contribution in [0.3, 0.4) is 0 Å². The fraction of sp³-hybridized carbons (Fsp3) is 0.588. The Morgan fingerprint density at radius 2 is 2.00 bits per heavy atom. The Bertz CT molecular complexity index is 600. The van der Waals surface area contributed by atoms with Gasteiger partial charge in [-0.1, -0.05) is 12.5 Å². The fourth-order valence-corrected chi connectivity index (χ4v) is 3.81. The van der Waals surface area contributed by atoms with Crippen LogP contribution in [0.1, 0.15) is 37.7 Å². The van der Waals surface area contributed by atoms with Gasteiger partial charge < -0.3 is 10.6 Å². The van der Waals surface area contributed by atoms with Crippen LogP contribution in [0.25, 0.3) is 0 Å². The number of halogens is 3. The molecule has 1 aromatic rings. The number of alkyl halides is 3. The van der Waals surface area contributed by atoms with Crippen molar-refractivity contribution >= 4 is 17.3 Å². The smallest absolute Gasteiger partial charge is 0.391 e. The maximum Gasteiger partial charge on any atom is 0.391 e. The molecule has 1 heterocycles. The van der Waals surface area contributed by atoms with Crippen molar-refractivity contribution in [3.63, 3.8) is 0 Å². The first-order valence-corrected chi connectivity index (χ1v) is 8.13. The summed E-state index contributed by atoms with van der Waals surface area (Å²) in [6.07, 6.45) is -1.56. The third-order valence-corrected chi connectivity index (χ3v) is 5.04. The first-order valence-electron chi connectivity index (χ1n) is 8.13. The molecule has 0 aromatic heterocycles. The number of rotatable bonds is 1. The maximum atomic E-state index is 13.0. The number of nitrogens with two attached hydrogens (primary N) is 1. The molecule has 3 nitrogen and oxygen atoms in total. The average molecular weight is 326 g/mol. The van der Waals surface area contributed by atoms with E-state index in [1.165, 1.54) is 0 Å². The van der Waals surface area contributed by atoms with Crippen LogP contribution in [-0.2, 0) is 11.2 Å². The topological polar surface area (TPSA) is 46.3 Å². The number of fused-ring (bicyclic) bond motifs is 1. The van der Waals surface area contributed by atoms with Gasteiger partial charge in [0.1, 0.15) is 0 Å². The molecule has 0 saturated heterocycles. The van der Waals surface area contributed by atoms with Crippen LogP contribution < -0.4 is 10.6 Å². The fourth-order valence-electron chi connectivity index (χ4n) is 3.81. The summed E-state index contributed by atoms with van der Waals surface area (Å²) >= 11 is 0. The molecule has 2 atom stereocenters. The standard InChI is InChI=1S/C17H21F3N2O/c18-17(19,20)12-5-1-4-11(10-12)16(23)22-9-3-6-13-14(21)7-2-8-15(13)22/h2,7-8,11-12H,1,3-6,9-10,21H2. The summed E-state index contributed by atoms with van der Waals surface area (Å²) in [5.74, 6) is -2.07. The van der Waals surface area contributed by atoms with Gasteiger partial charge in [-0.25, -0.2) is 0 Å². The molecule has 1 aromatic carbocycles. The third-order valence-electron chi connectivity index (χ3n) is 5.04. The van der Waals surface area contributed by atoms with Crippen molar-refractivity contribution in [2.45, 2.75) is 44.7 Å². The summed E-state index contributed by atoms with van der Waals surface area (Å²) < 4.78 is 38.9. The van der Waals surface area contributed by atoms with E-state index in [2.05, 4.69) is 0 Å². The van der Waals surface area contributed by atoms with E-state index in [9.17, 15) is 18.0 Å². The van der Waals surface area contributed by atoms with Gasteiger partial charge in [0.2, 0.25) is 5.91 Å². The lowest BCUT2D eigenvalue weighted by atomic mass is 9.80. The highest BCUT2D eigenvalue weighted by molar-refractivity contribution is 5.97. The highest BCUT2D eigenvalue weighted by atomic mass is 19.4. The molecular weight excluding hydrogens is 305 g/mol. The SMILES string of the molecule is Nc1cccc2c1CCCN2C(=O)C1CCCC(C(F)(F)F)C1. The van der Waals surface area contributed by atoms with Gasteiger partial charge in [-0.2, -0.15) is 13.2 Å². The predicted molar refractivity (Wildman–Crippen MR) is 83.0 cm³/mol. The molecule has 1 fully saturated rings. The molecule has 6 heteroatoms. The molecule has 1 aliphatic heterocycles.